The third-order valence-corrected chi connectivity index (χ3v) is 12.7. The molecule has 5 heteroatoms. The smallest absolute Gasteiger partial charge is 0.140 e. The lowest BCUT2D eigenvalue weighted by molar-refractivity contribution is -0.153. The van der Waals surface area contributed by atoms with Crippen molar-refractivity contribution in [2.24, 2.45) is 53.3 Å². The standard InChI is InChI=1S/C37H64Cl2O3/c1-24(2)25(3)18-21-37(7,42)20-9-11-27-12-15-29-31(22-27)34(40)30-16-13-28(23-32(30)35(29)41)14-17-33(38)26(4)10-8-19-36(5,6)39/h24-33,42H,8-23H2,1-7H3. The number of rotatable bonds is 16. The van der Waals surface area contributed by atoms with E-state index in [1.165, 1.54) is 0 Å². The van der Waals surface area contributed by atoms with Crippen molar-refractivity contribution in [3.63, 3.8) is 0 Å². The van der Waals surface area contributed by atoms with Gasteiger partial charge < -0.3 is 5.11 Å². The number of hydrogen-bond donors (Lipinski definition) is 1. The van der Waals surface area contributed by atoms with E-state index in [1.807, 2.05) is 6.92 Å². The maximum absolute atomic E-state index is 13.7. The number of aliphatic hydroxyl groups is 1. The first-order valence-corrected chi connectivity index (χ1v) is 18.5. The normalized spacial score (nSPS) is 32.2. The van der Waals surface area contributed by atoms with Crippen molar-refractivity contribution in [3.05, 3.63) is 0 Å². The number of halogens is 2. The summed E-state index contributed by atoms with van der Waals surface area (Å²) in [4.78, 5) is 27.3. The minimum Gasteiger partial charge on any atom is -0.390 e. The molecule has 10 unspecified atom stereocenters. The van der Waals surface area contributed by atoms with Crippen LogP contribution in [-0.4, -0.2) is 32.5 Å². The lowest BCUT2D eigenvalue weighted by atomic mass is 9.55. The third-order valence-electron chi connectivity index (χ3n) is 11.9. The molecule has 0 aliphatic heterocycles. The zero-order chi connectivity index (χ0) is 31.2. The Morgan fingerprint density at radius 3 is 1.79 bits per heavy atom. The van der Waals surface area contributed by atoms with Gasteiger partial charge >= 0.3 is 0 Å². The predicted molar refractivity (Wildman–Crippen MR) is 178 cm³/mol. The Bertz CT molecular complexity index is 862. The molecule has 3 rings (SSSR count). The van der Waals surface area contributed by atoms with Crippen LogP contribution in [0.2, 0.25) is 0 Å². The van der Waals surface area contributed by atoms with Gasteiger partial charge in [-0.1, -0.05) is 47.0 Å². The molecule has 0 radical (unpaired) electrons. The average molecular weight is 628 g/mol. The summed E-state index contributed by atoms with van der Waals surface area (Å²) in [5.74, 6) is 3.43. The van der Waals surface area contributed by atoms with Crippen LogP contribution in [0.4, 0.5) is 0 Å². The number of fused-ring (bicyclic) bond motifs is 2. The lowest BCUT2D eigenvalue weighted by Gasteiger charge is -2.46. The Labute approximate surface area is 269 Å². The van der Waals surface area contributed by atoms with Crippen molar-refractivity contribution in [1.29, 1.82) is 0 Å². The maximum atomic E-state index is 13.7. The van der Waals surface area contributed by atoms with Crippen molar-refractivity contribution in [3.8, 4) is 0 Å². The maximum Gasteiger partial charge on any atom is 0.140 e. The van der Waals surface area contributed by atoms with E-state index < -0.39 is 5.60 Å². The highest BCUT2D eigenvalue weighted by Crippen LogP contribution is 2.50. The molecule has 3 fully saturated rings. The fraction of sp³-hybridized carbons (Fsp3) is 0.946. The van der Waals surface area contributed by atoms with Gasteiger partial charge in [-0.2, -0.15) is 0 Å². The molecule has 0 bridgehead atoms. The molecule has 3 saturated carbocycles. The van der Waals surface area contributed by atoms with E-state index in [-0.39, 0.29) is 33.9 Å². The van der Waals surface area contributed by atoms with Crippen molar-refractivity contribution < 1.29 is 14.7 Å². The van der Waals surface area contributed by atoms with E-state index in [9.17, 15) is 14.7 Å². The van der Waals surface area contributed by atoms with Gasteiger partial charge in [-0.3, -0.25) is 9.59 Å². The van der Waals surface area contributed by atoms with Crippen molar-refractivity contribution in [2.45, 2.75) is 167 Å². The first kappa shape index (κ1) is 36.3. The Morgan fingerprint density at radius 1 is 0.714 bits per heavy atom. The fourth-order valence-corrected chi connectivity index (χ4v) is 8.76. The molecule has 0 aromatic carbocycles. The Morgan fingerprint density at radius 2 is 1.26 bits per heavy atom. The second kappa shape index (κ2) is 15.9. The first-order chi connectivity index (χ1) is 19.6. The molecule has 42 heavy (non-hydrogen) atoms. The number of carbonyl (C=O) groups excluding carboxylic acids is 2. The van der Waals surface area contributed by atoms with Gasteiger partial charge in [0.05, 0.1) is 5.60 Å². The summed E-state index contributed by atoms with van der Waals surface area (Å²) >= 11 is 13.2. The molecule has 0 heterocycles. The Kier molecular flexibility index (Phi) is 13.8. The van der Waals surface area contributed by atoms with Crippen molar-refractivity contribution in [1.82, 2.24) is 0 Å². The first-order valence-electron chi connectivity index (χ1n) is 17.7. The lowest BCUT2D eigenvalue weighted by Crippen LogP contribution is -2.51. The largest absolute Gasteiger partial charge is 0.390 e. The minimum atomic E-state index is -0.605. The van der Waals surface area contributed by atoms with Crippen LogP contribution in [0.15, 0.2) is 0 Å². The van der Waals surface area contributed by atoms with Gasteiger partial charge in [0, 0.05) is 33.9 Å². The van der Waals surface area contributed by atoms with E-state index in [0.717, 1.165) is 103 Å². The van der Waals surface area contributed by atoms with Crippen LogP contribution >= 0.6 is 23.2 Å². The number of carbonyl (C=O) groups is 2. The summed E-state index contributed by atoms with van der Waals surface area (Å²) in [7, 11) is 0. The van der Waals surface area contributed by atoms with Crippen LogP contribution in [0, 0.1) is 53.3 Å². The Hall–Kier alpha value is -0.120. The second-order valence-corrected chi connectivity index (χ2v) is 18.0. The second-order valence-electron chi connectivity index (χ2n) is 16.4. The molecule has 0 spiro atoms. The van der Waals surface area contributed by atoms with Crippen LogP contribution in [-0.2, 0) is 9.59 Å². The van der Waals surface area contributed by atoms with Crippen molar-refractivity contribution in [2.75, 3.05) is 0 Å². The zero-order valence-electron chi connectivity index (χ0n) is 28.1. The topological polar surface area (TPSA) is 54.4 Å². The van der Waals surface area contributed by atoms with E-state index in [1.54, 1.807) is 0 Å². The highest BCUT2D eigenvalue weighted by molar-refractivity contribution is 6.23. The quantitative estimate of drug-likeness (QED) is 0.173. The van der Waals surface area contributed by atoms with Crippen LogP contribution < -0.4 is 0 Å². The Balaban J connectivity index is 1.43. The highest BCUT2D eigenvalue weighted by atomic mass is 35.5. The summed E-state index contributed by atoms with van der Waals surface area (Å²) < 4.78 is 0. The van der Waals surface area contributed by atoms with Gasteiger partial charge in [0.15, 0.2) is 0 Å². The van der Waals surface area contributed by atoms with Crippen LogP contribution in [0.1, 0.15) is 151 Å². The summed E-state index contributed by atoms with van der Waals surface area (Å²) in [6.07, 6.45) is 15.8. The summed E-state index contributed by atoms with van der Waals surface area (Å²) in [6, 6.07) is 0. The van der Waals surface area contributed by atoms with Gasteiger partial charge in [0.25, 0.3) is 0 Å². The van der Waals surface area contributed by atoms with Gasteiger partial charge in [-0.15, -0.1) is 23.2 Å². The van der Waals surface area contributed by atoms with E-state index >= 15 is 0 Å². The number of Topliss-reactive ketones (excluding diaryl/α,β-unsaturated/α-hetero) is 2. The van der Waals surface area contributed by atoms with E-state index in [2.05, 4.69) is 41.5 Å². The predicted octanol–water partition coefficient (Wildman–Crippen LogP) is 10.4. The van der Waals surface area contributed by atoms with Crippen LogP contribution in [0.5, 0.6) is 0 Å². The summed E-state index contributed by atoms with van der Waals surface area (Å²) in [5.41, 5.74) is -0.605. The molecular weight excluding hydrogens is 563 g/mol. The number of alkyl halides is 2. The molecule has 3 aliphatic rings. The summed E-state index contributed by atoms with van der Waals surface area (Å²) in [6.45, 7) is 15.2. The molecule has 0 aromatic rings. The van der Waals surface area contributed by atoms with E-state index in [4.69, 9.17) is 23.2 Å². The number of hydrogen-bond acceptors (Lipinski definition) is 3. The summed E-state index contributed by atoms with van der Waals surface area (Å²) in [5, 5.41) is 11.1. The zero-order valence-corrected chi connectivity index (χ0v) is 29.6. The van der Waals surface area contributed by atoms with E-state index in [0.29, 0.717) is 41.2 Å². The highest BCUT2D eigenvalue weighted by Gasteiger charge is 2.52. The number of ketones is 2. The molecule has 0 aromatic heterocycles. The molecule has 244 valence electrons. The fourth-order valence-electron chi connectivity index (χ4n) is 8.37. The molecule has 10 atom stereocenters. The molecule has 3 aliphatic carbocycles. The van der Waals surface area contributed by atoms with Gasteiger partial charge in [0.1, 0.15) is 11.6 Å². The molecule has 3 nitrogen and oxygen atoms in total. The van der Waals surface area contributed by atoms with Crippen molar-refractivity contribution >= 4 is 34.8 Å². The van der Waals surface area contributed by atoms with Gasteiger partial charge in [0.2, 0.25) is 0 Å². The molecule has 0 amide bonds. The van der Waals surface area contributed by atoms with Gasteiger partial charge in [-0.25, -0.2) is 0 Å². The van der Waals surface area contributed by atoms with Crippen LogP contribution in [0.25, 0.3) is 0 Å². The molecular formula is C37H64Cl2O3. The molecule has 0 saturated heterocycles. The monoisotopic (exact) mass is 626 g/mol. The minimum absolute atomic E-state index is 0.0398. The third kappa shape index (κ3) is 10.8. The van der Waals surface area contributed by atoms with Crippen LogP contribution in [0.3, 0.4) is 0 Å². The average Bonchev–Trinajstić information content (AvgIpc) is 2.92. The SMILES string of the molecule is CC(C)C(C)CCC(C)(O)CCCC1CCC2C(=O)C3CC(CCC(Cl)C(C)CCCC(C)(C)Cl)CCC3C(=O)C2C1. The van der Waals surface area contributed by atoms with Gasteiger partial charge in [-0.05, 0) is 134 Å². The molecule has 1 N–H and O–H groups in total.